The van der Waals surface area contributed by atoms with Crippen LogP contribution in [0.25, 0.3) is 21.8 Å². The Morgan fingerprint density at radius 1 is 0.543 bits per heavy atom. The highest BCUT2D eigenvalue weighted by molar-refractivity contribution is 8.00. The molecular weight excluding hydrogens is 1680 g/mol. The van der Waals surface area contributed by atoms with Crippen molar-refractivity contribution >= 4 is 133 Å². The molecule has 0 spiro atoms. The highest BCUT2D eigenvalue weighted by Crippen LogP contribution is 2.31. The Morgan fingerprint density at radius 3 is 1.68 bits per heavy atom. The molecule has 8 rings (SSSR count). The summed E-state index contributed by atoms with van der Waals surface area (Å²) in [6, 6.07) is 10.5. The molecule has 13 amide bonds. The number of amides is 13. The molecule has 3 aromatic carbocycles. The van der Waals surface area contributed by atoms with E-state index in [1.807, 2.05) is 71.9 Å². The number of carbonyl (C=O) groups is 17. The molecule has 2 saturated heterocycles. The number of aromatic amines is 3. The van der Waals surface area contributed by atoms with Crippen LogP contribution in [0.1, 0.15) is 167 Å². The van der Waals surface area contributed by atoms with Crippen LogP contribution in [0.2, 0.25) is 0 Å². The molecule has 36 heteroatoms. The largest absolute Gasteiger partial charge is 0.396 e. The van der Waals surface area contributed by atoms with Crippen LogP contribution in [-0.4, -0.2) is 270 Å². The zero-order valence-corrected chi connectivity index (χ0v) is 76.6. The number of aliphatic hydroxyl groups excluding tert-OH is 1. The number of para-hydroxylation sites is 2. The summed E-state index contributed by atoms with van der Waals surface area (Å²) in [5.41, 5.74) is 14.8. The summed E-state index contributed by atoms with van der Waals surface area (Å²) in [6.45, 7) is 10.2. The lowest BCUT2D eigenvalue weighted by Crippen LogP contribution is -2.58. The summed E-state index contributed by atoms with van der Waals surface area (Å²) >= 11 is 0.862. The summed E-state index contributed by atoms with van der Waals surface area (Å²) in [7, 11) is 5.51. The molecule has 0 bridgehead atoms. The van der Waals surface area contributed by atoms with Crippen LogP contribution in [0.15, 0.2) is 104 Å². The zero-order chi connectivity index (χ0) is 94.5. The number of primary amides is 2. The lowest BCUT2D eigenvalue weighted by atomic mass is 9.83. The number of hydrogen-bond acceptors (Lipinski definition) is 20. The normalized spacial score (nSPS) is 24.1. The van der Waals surface area contributed by atoms with Gasteiger partial charge in [0.1, 0.15) is 42.0 Å². The van der Waals surface area contributed by atoms with Crippen LogP contribution in [0.5, 0.6) is 0 Å². The first-order valence-electron chi connectivity index (χ1n) is 44.5. The van der Waals surface area contributed by atoms with E-state index in [9.17, 15) is 57.8 Å². The van der Waals surface area contributed by atoms with Gasteiger partial charge < -0.3 is 87.9 Å². The second-order valence-electron chi connectivity index (χ2n) is 35.0. The Balaban J connectivity index is 1.17. The molecule has 14 N–H and O–H groups in total. The van der Waals surface area contributed by atoms with E-state index in [0.717, 1.165) is 21.6 Å². The minimum atomic E-state index is -1.68. The van der Waals surface area contributed by atoms with Crippen molar-refractivity contribution < 1.29 is 86.6 Å². The number of rotatable bonds is 24. The maximum Gasteiger partial charge on any atom is 0.246 e. The molecule has 129 heavy (non-hydrogen) atoms. The average molecular weight is 1810 g/mol. The van der Waals surface area contributed by atoms with Gasteiger partial charge in [0.2, 0.25) is 76.8 Å². The van der Waals surface area contributed by atoms with E-state index in [-0.39, 0.29) is 88.3 Å². The molecule has 35 nitrogen and oxygen atoms in total. The molecule has 0 saturated carbocycles. The van der Waals surface area contributed by atoms with Crippen molar-refractivity contribution in [2.24, 2.45) is 47.0 Å². The molecular formula is C93H129N17O18S. The van der Waals surface area contributed by atoms with Gasteiger partial charge in [-0.05, 0) is 92.5 Å². The minimum Gasteiger partial charge on any atom is -0.396 e. The van der Waals surface area contributed by atoms with E-state index >= 15 is 28.8 Å². The Hall–Kier alpha value is -12.0. The highest BCUT2D eigenvalue weighted by atomic mass is 32.2. The maximum atomic E-state index is 15.7. The standard InChI is InChI=1S/C93H129N17O18S/c1-12-14-30-74-79(114)41-59(34-54(3)4)86(121)105-73(88(123)99-48-82(95)117)51-129-52-84(119)102-70(36-57-24-17-16-18-25-57)90(125)107(9)56(7)85(120)103-72(44-81(94)116)92(127)110-33-23-32-75(110)80(115)40-58(37-64-47-96-53-100-64)77(112)42-60(35-55(5)6)89(124)106(8)49-83(118)101-69(38-61-45-97-67-28-21-19-26-65(61)67)78(113)43-63(50-111)87(122)104-71(39-62-46-98-68-29-22-20-27-66(62)68)91(126)109(11)76(31-15-13-2)93(128)108(74)10/h16-22,24-29,45-47,53-56,58-60,63,69-76,97-98,111H,12-15,23,30-44,48-52H2,1-11H3,(H2,94,116)(H2,95,117)(H,96,100)(H,99,123)(H,101,118)(H,102,119)(H,103,120)(H,104,122)(H,105,121)/t56-,58+,59+,60+,63-,69-,70-,71-,72-,73-,74-,75-,76-/m0/s1. The highest BCUT2D eigenvalue weighted by Gasteiger charge is 2.44. The Bertz CT molecular complexity index is 4920. The van der Waals surface area contributed by atoms with Crippen molar-refractivity contribution in [2.75, 3.05) is 65.9 Å². The van der Waals surface area contributed by atoms with Gasteiger partial charge in [0.15, 0.2) is 17.3 Å². The smallest absolute Gasteiger partial charge is 0.246 e. The first-order chi connectivity index (χ1) is 61.4. The third-order valence-corrected chi connectivity index (χ3v) is 25.1. The summed E-state index contributed by atoms with van der Waals surface area (Å²) in [5, 5.41) is 28.8. The Kier molecular flexibility index (Phi) is 39.4. The lowest BCUT2D eigenvalue weighted by Gasteiger charge is -2.36. The molecule has 2 aliphatic rings. The number of unbranched alkanes of at least 4 members (excludes halogenated alkanes) is 2. The van der Waals surface area contributed by atoms with Gasteiger partial charge in [0.05, 0.1) is 62.2 Å². The fourth-order valence-corrected chi connectivity index (χ4v) is 17.8. The van der Waals surface area contributed by atoms with Gasteiger partial charge in [0, 0.05) is 149 Å². The fourth-order valence-electron chi connectivity index (χ4n) is 16.9. The minimum absolute atomic E-state index is 0.0217. The van der Waals surface area contributed by atoms with Gasteiger partial charge in [0.25, 0.3) is 0 Å². The number of ketones is 4. The zero-order valence-electron chi connectivity index (χ0n) is 75.8. The van der Waals surface area contributed by atoms with Crippen LogP contribution in [-0.2, 0) is 107 Å². The predicted molar refractivity (Wildman–Crippen MR) is 485 cm³/mol. The number of fused-ring (bicyclic) bond motifs is 3. The molecule has 2 aliphatic heterocycles. The molecule has 0 aliphatic carbocycles. The Labute approximate surface area is 756 Å². The Morgan fingerprint density at radius 2 is 1.09 bits per heavy atom. The molecule has 700 valence electrons. The van der Waals surface area contributed by atoms with Crippen molar-refractivity contribution in [2.45, 2.75) is 225 Å². The van der Waals surface area contributed by atoms with E-state index in [4.69, 9.17) is 11.5 Å². The van der Waals surface area contributed by atoms with Gasteiger partial charge in [-0.3, -0.25) is 81.5 Å². The number of aromatic nitrogens is 4. The number of imidazole rings is 1. The van der Waals surface area contributed by atoms with Gasteiger partial charge in [-0.2, -0.15) is 0 Å². The van der Waals surface area contributed by atoms with Crippen LogP contribution in [0.4, 0.5) is 0 Å². The maximum absolute atomic E-state index is 15.7. The van der Waals surface area contributed by atoms with E-state index in [2.05, 4.69) is 51.8 Å². The SMILES string of the molecule is CCCC[C@H]1C(=O)N(C)[C@@H](CCCC)C(=O)C[C@@H](CC(C)C)C(=O)N[C@H](C(=O)NCC(N)=O)CSCC(=O)N[C@@H](Cc2ccccc2)C(=O)N(C)[C@@H](C)C(=O)N[C@@H](CC(N)=O)C(=O)N2CCC[C@H]2C(=O)C[C@@H](Cc2cnc[nH]2)C(=O)C[C@@H](CC(C)C)C(=O)N(C)CC(=O)N[C@@H](Cc2c[nH]c3ccccc23)C(=O)C[C@@H](CO)C(=O)N[C@@H](Cc2c[nH]c3ccccc23)C(=O)N1C. The molecule has 3 aromatic heterocycles. The average Bonchev–Trinajstić information content (AvgIpc) is 1.39. The number of carbonyl (C=O) groups excluding carboxylic acids is 17. The number of thioether (sulfide) groups is 1. The molecule has 2 fully saturated rings. The van der Waals surface area contributed by atoms with Crippen molar-refractivity contribution in [1.29, 1.82) is 0 Å². The second-order valence-corrected chi connectivity index (χ2v) is 36.1. The number of benzene rings is 3. The third-order valence-electron chi connectivity index (χ3n) is 24.1. The van der Waals surface area contributed by atoms with Crippen LogP contribution >= 0.6 is 11.8 Å². The molecule has 6 aromatic rings. The van der Waals surface area contributed by atoms with Gasteiger partial charge in [-0.15, -0.1) is 11.8 Å². The number of nitrogens with zero attached hydrogens (tertiary/aromatic N) is 6. The summed E-state index contributed by atoms with van der Waals surface area (Å²) < 4.78 is 0. The lowest BCUT2D eigenvalue weighted by molar-refractivity contribution is -0.149. The third kappa shape index (κ3) is 29.5. The first-order valence-corrected chi connectivity index (χ1v) is 45.7. The van der Waals surface area contributed by atoms with Gasteiger partial charge in [-0.1, -0.05) is 134 Å². The quantitative estimate of drug-likeness (QED) is 0.0407. The van der Waals surface area contributed by atoms with Gasteiger partial charge >= 0.3 is 0 Å². The van der Waals surface area contributed by atoms with Crippen molar-refractivity contribution in [1.82, 2.24) is 76.3 Å². The number of nitrogens with one attached hydrogen (secondary N) is 9. The molecule has 0 unspecified atom stereocenters. The molecule has 5 heterocycles. The van der Waals surface area contributed by atoms with Crippen molar-refractivity contribution in [3.63, 3.8) is 0 Å². The summed E-state index contributed by atoms with van der Waals surface area (Å²) in [6.07, 6.45) is 5.69. The van der Waals surface area contributed by atoms with E-state index < -0.39 is 236 Å². The summed E-state index contributed by atoms with van der Waals surface area (Å²) in [4.78, 5) is 268. The van der Waals surface area contributed by atoms with E-state index in [1.54, 1.807) is 60.9 Å². The van der Waals surface area contributed by atoms with Crippen LogP contribution in [0.3, 0.4) is 0 Å². The number of likely N-dealkylation sites (N-methyl/N-ethyl adjacent to an activating group) is 4. The molecule has 0 radical (unpaired) electrons. The predicted octanol–water partition coefficient (Wildman–Crippen LogP) is 4.01. The number of Topliss-reactive ketones (excluding diaryl/α,β-unsaturated/α-hetero) is 4. The molecule has 13 atom stereocenters. The van der Waals surface area contributed by atoms with Crippen molar-refractivity contribution in [3.05, 3.63) is 126 Å². The summed E-state index contributed by atoms with van der Waals surface area (Å²) in [5.74, 6) is -19.1. The van der Waals surface area contributed by atoms with Crippen molar-refractivity contribution in [3.8, 4) is 0 Å². The number of H-pyrrole nitrogens is 3. The van der Waals surface area contributed by atoms with Crippen LogP contribution in [0, 0.1) is 35.5 Å². The number of aliphatic hydroxyl groups is 1. The fraction of sp³-hybridized carbons (Fsp3) is 0.548. The topological polar surface area (TPSA) is 511 Å². The monoisotopic (exact) mass is 1800 g/mol. The second kappa shape index (κ2) is 49.6. The van der Waals surface area contributed by atoms with E-state index in [1.165, 1.54) is 62.3 Å². The van der Waals surface area contributed by atoms with Gasteiger partial charge in [-0.25, -0.2) is 4.98 Å². The number of nitrogens with two attached hydrogens (primary N) is 2. The first kappa shape index (κ1) is 102. The van der Waals surface area contributed by atoms with E-state index in [0.29, 0.717) is 69.9 Å². The van der Waals surface area contributed by atoms with Crippen LogP contribution < -0.4 is 43.4 Å². The number of hydrogen-bond donors (Lipinski definition) is 12.